The molecule has 1 aliphatic rings. The van der Waals surface area contributed by atoms with Crippen LogP contribution in [-0.2, 0) is 41.6 Å². The Morgan fingerprint density at radius 3 is 2.00 bits per heavy atom. The molecule has 236 valence electrons. The van der Waals surface area contributed by atoms with Crippen molar-refractivity contribution in [3.05, 3.63) is 84.4 Å². The lowest BCUT2D eigenvalue weighted by Gasteiger charge is -2.46. The first kappa shape index (κ1) is 36.0. The van der Waals surface area contributed by atoms with Crippen molar-refractivity contribution < 1.29 is 33.2 Å². The second kappa shape index (κ2) is 17.3. The molecule has 1 heterocycles. The summed E-state index contributed by atoms with van der Waals surface area (Å²) in [5, 5.41) is 10.8. The predicted octanol–water partition coefficient (Wildman–Crippen LogP) is 6.91. The minimum atomic E-state index is -2.24. The van der Waals surface area contributed by atoms with Gasteiger partial charge in [0.15, 0.2) is 0 Å². The Morgan fingerprint density at radius 2 is 1.49 bits per heavy atom. The van der Waals surface area contributed by atoms with Crippen LogP contribution in [0.25, 0.3) is 0 Å². The average molecular weight is 719 g/mol. The normalized spacial score (nSPS) is 22.4. The van der Waals surface area contributed by atoms with E-state index < -0.39 is 56.8 Å². The van der Waals surface area contributed by atoms with Crippen LogP contribution < -0.4 is 5.32 Å². The van der Waals surface area contributed by atoms with Crippen LogP contribution in [0.5, 0.6) is 0 Å². The summed E-state index contributed by atoms with van der Waals surface area (Å²) in [6.45, 7) is 3.59. The van der Waals surface area contributed by atoms with Crippen molar-refractivity contribution in [3.8, 4) is 0 Å². The molecule has 3 rings (SSSR count). The minimum absolute atomic E-state index is 0.00205. The van der Waals surface area contributed by atoms with Gasteiger partial charge in [-0.15, -0.1) is 6.58 Å². The van der Waals surface area contributed by atoms with Gasteiger partial charge in [-0.3, -0.25) is 5.41 Å². The first-order valence-corrected chi connectivity index (χ1v) is 15.1. The predicted molar refractivity (Wildman–Crippen MR) is 167 cm³/mol. The molecule has 1 saturated heterocycles. The quantitative estimate of drug-likeness (QED) is 0.0762. The SMILES string of the molecule is C=CCOC[C@H]1OC(OC(=N)C(Cl)(Cl)Cl)[C@H](NC(=O)OCC(Cl)(Cl)Cl)[C@@H](OCc2ccccc2)[C@@H]1OCc1ccccc1. The number of amides is 1. The Hall–Kier alpha value is -1.50. The van der Waals surface area contributed by atoms with E-state index >= 15 is 0 Å². The van der Waals surface area contributed by atoms with Gasteiger partial charge >= 0.3 is 6.09 Å². The zero-order valence-corrected chi connectivity index (χ0v) is 27.1. The van der Waals surface area contributed by atoms with E-state index in [1.54, 1.807) is 6.08 Å². The number of carbonyl (C=O) groups excluding carboxylic acids is 1. The van der Waals surface area contributed by atoms with Crippen molar-refractivity contribution in [2.45, 2.75) is 51.4 Å². The molecular weight excluding hydrogens is 689 g/mol. The van der Waals surface area contributed by atoms with Gasteiger partial charge in [0.2, 0.25) is 16.0 Å². The Labute approximate surface area is 280 Å². The number of rotatable bonds is 13. The molecule has 0 bridgehead atoms. The largest absolute Gasteiger partial charge is 0.446 e. The third-order valence-corrected chi connectivity index (χ3v) is 6.72. The van der Waals surface area contributed by atoms with Gasteiger partial charge in [0, 0.05) is 0 Å². The van der Waals surface area contributed by atoms with Crippen LogP contribution in [0.3, 0.4) is 0 Å². The third kappa shape index (κ3) is 12.4. The first-order valence-electron chi connectivity index (χ1n) is 12.8. The van der Waals surface area contributed by atoms with Crippen molar-refractivity contribution in [2.24, 2.45) is 0 Å². The number of carbonyl (C=O) groups is 1. The van der Waals surface area contributed by atoms with E-state index in [9.17, 15) is 4.79 Å². The second-order valence-corrected chi connectivity index (χ2v) is 14.0. The molecule has 1 unspecified atom stereocenters. The molecule has 2 aromatic rings. The summed E-state index contributed by atoms with van der Waals surface area (Å²) in [6, 6.07) is 17.6. The zero-order valence-electron chi connectivity index (χ0n) is 22.6. The summed E-state index contributed by atoms with van der Waals surface area (Å²) >= 11 is 35.0. The van der Waals surface area contributed by atoms with Crippen LogP contribution in [0.15, 0.2) is 73.3 Å². The number of halogens is 6. The fourth-order valence-electron chi connectivity index (χ4n) is 4.00. The van der Waals surface area contributed by atoms with Gasteiger partial charge < -0.3 is 33.7 Å². The molecule has 2 N–H and O–H groups in total. The molecule has 1 aliphatic heterocycles. The van der Waals surface area contributed by atoms with Crippen molar-refractivity contribution in [2.75, 3.05) is 19.8 Å². The summed E-state index contributed by atoms with van der Waals surface area (Å²) in [7, 11) is 0. The summed E-state index contributed by atoms with van der Waals surface area (Å²) in [6.07, 6.45) is -3.53. The maximum Gasteiger partial charge on any atom is 0.407 e. The maximum atomic E-state index is 12.9. The summed E-state index contributed by atoms with van der Waals surface area (Å²) < 4.78 is 31.3. The van der Waals surface area contributed by atoms with E-state index in [-0.39, 0.29) is 26.4 Å². The lowest BCUT2D eigenvalue weighted by atomic mass is 9.96. The summed E-state index contributed by atoms with van der Waals surface area (Å²) in [4.78, 5) is 12.9. The van der Waals surface area contributed by atoms with Gasteiger partial charge in [0.1, 0.15) is 31.0 Å². The van der Waals surface area contributed by atoms with Crippen LogP contribution in [0.4, 0.5) is 4.79 Å². The number of nitrogens with one attached hydrogen (secondary N) is 2. The van der Waals surface area contributed by atoms with E-state index in [2.05, 4.69) is 11.9 Å². The second-order valence-electron chi connectivity index (χ2n) is 9.20. The lowest BCUT2D eigenvalue weighted by molar-refractivity contribution is -0.272. The number of benzene rings is 2. The van der Waals surface area contributed by atoms with Crippen molar-refractivity contribution in [3.63, 3.8) is 0 Å². The van der Waals surface area contributed by atoms with Gasteiger partial charge in [-0.05, 0) is 11.1 Å². The van der Waals surface area contributed by atoms with Gasteiger partial charge in [0.05, 0.1) is 26.4 Å². The smallest absolute Gasteiger partial charge is 0.407 e. The molecule has 1 amide bonds. The van der Waals surface area contributed by atoms with Crippen LogP contribution in [0, 0.1) is 5.41 Å². The van der Waals surface area contributed by atoms with Gasteiger partial charge in [-0.1, -0.05) is 136 Å². The minimum Gasteiger partial charge on any atom is -0.446 e. The molecule has 2 aromatic carbocycles. The number of hydrogen-bond acceptors (Lipinski definition) is 8. The van der Waals surface area contributed by atoms with E-state index in [0.717, 1.165) is 11.1 Å². The summed E-state index contributed by atoms with van der Waals surface area (Å²) in [5.74, 6) is -0.764. The van der Waals surface area contributed by atoms with E-state index in [0.29, 0.717) is 0 Å². The van der Waals surface area contributed by atoms with E-state index in [1.807, 2.05) is 60.7 Å². The van der Waals surface area contributed by atoms with Gasteiger partial charge in [-0.2, -0.15) is 0 Å². The number of alkyl halides is 6. The Morgan fingerprint density at radius 1 is 0.930 bits per heavy atom. The molecule has 0 saturated carbocycles. The molecular formula is C28H30Cl6N2O7. The summed E-state index contributed by atoms with van der Waals surface area (Å²) in [5.41, 5.74) is 1.71. The first-order chi connectivity index (χ1) is 20.4. The Bertz CT molecular complexity index is 1170. The topological polar surface area (TPSA) is 108 Å². The molecule has 0 spiro atoms. The molecule has 1 fully saturated rings. The Kier molecular flexibility index (Phi) is 14.4. The lowest BCUT2D eigenvalue weighted by Crippen LogP contribution is -2.66. The molecule has 0 radical (unpaired) electrons. The fourth-order valence-corrected chi connectivity index (χ4v) is 4.30. The molecule has 9 nitrogen and oxygen atoms in total. The maximum absolute atomic E-state index is 12.9. The highest BCUT2D eigenvalue weighted by atomic mass is 35.6. The van der Waals surface area contributed by atoms with E-state index in [1.165, 1.54) is 0 Å². The fraction of sp³-hybridized carbons (Fsp3) is 0.429. The Balaban J connectivity index is 1.99. The zero-order chi connectivity index (χ0) is 31.5. The molecule has 43 heavy (non-hydrogen) atoms. The van der Waals surface area contributed by atoms with Crippen molar-refractivity contribution >= 4 is 81.6 Å². The van der Waals surface area contributed by atoms with Crippen LogP contribution in [0.1, 0.15) is 11.1 Å². The van der Waals surface area contributed by atoms with Crippen LogP contribution >= 0.6 is 69.6 Å². The highest BCUT2D eigenvalue weighted by Crippen LogP contribution is 2.33. The third-order valence-electron chi connectivity index (χ3n) is 5.88. The molecule has 5 atom stereocenters. The van der Waals surface area contributed by atoms with Crippen LogP contribution in [-0.4, -0.2) is 70.0 Å². The number of alkyl carbamates (subject to hydrolysis) is 1. The van der Waals surface area contributed by atoms with Gasteiger partial charge in [-0.25, -0.2) is 4.79 Å². The van der Waals surface area contributed by atoms with Crippen molar-refractivity contribution in [1.29, 1.82) is 5.41 Å². The van der Waals surface area contributed by atoms with E-state index in [4.69, 9.17) is 103 Å². The number of ether oxygens (including phenoxy) is 6. The van der Waals surface area contributed by atoms with Crippen molar-refractivity contribution in [1.82, 2.24) is 5.32 Å². The molecule has 15 heteroatoms. The van der Waals surface area contributed by atoms with Gasteiger partial charge in [0.25, 0.3) is 3.79 Å². The molecule has 0 aliphatic carbocycles. The van der Waals surface area contributed by atoms with Crippen LogP contribution in [0.2, 0.25) is 0 Å². The molecule has 0 aromatic heterocycles. The average Bonchev–Trinajstić information content (AvgIpc) is 2.96. The highest BCUT2D eigenvalue weighted by molar-refractivity contribution is 6.76. The standard InChI is InChI=1S/C28H30Cl6N2O7/c1-2-13-38-16-20-22(39-14-18-9-5-3-6-10-18)23(40-15-19-11-7-4-8-12-19)21(36-26(37)41-17-27(29,30)31)24(42-20)43-25(35)28(32,33)34/h2-12,20-24,35H,1,13-17H2,(H,36,37)/t20-,21-,22-,23-,24?/m1/s1. The monoisotopic (exact) mass is 716 g/mol. The highest BCUT2D eigenvalue weighted by Gasteiger charge is 2.51. The number of hydrogen-bond donors (Lipinski definition) is 2.